The summed E-state index contributed by atoms with van der Waals surface area (Å²) < 4.78 is 0. The Morgan fingerprint density at radius 3 is 2.48 bits per heavy atom. The molecule has 1 saturated heterocycles. The van der Waals surface area contributed by atoms with E-state index in [0.717, 1.165) is 24.1 Å². The van der Waals surface area contributed by atoms with Crippen LogP contribution in [0.4, 0.5) is 5.69 Å². The van der Waals surface area contributed by atoms with Crippen LogP contribution in [-0.2, 0) is 9.59 Å². The standard InChI is InChI=1S/C16H20N2O3/c1-17-15(19)8-9-18(17)13-6-4-12(5-7-13)14(10-16(20)21)11-2-3-11/h4-7,11,14H,2-3,8-10H2,1H3,(H,20,21). The maximum absolute atomic E-state index is 11.6. The number of hydrogen-bond donors (Lipinski definition) is 1. The fourth-order valence-electron chi connectivity index (χ4n) is 3.09. The largest absolute Gasteiger partial charge is 0.481 e. The Morgan fingerprint density at radius 1 is 1.33 bits per heavy atom. The lowest BCUT2D eigenvalue weighted by Gasteiger charge is -2.26. The molecule has 1 heterocycles. The second kappa shape index (κ2) is 5.39. The zero-order chi connectivity index (χ0) is 15.0. The van der Waals surface area contributed by atoms with Crippen molar-refractivity contribution in [1.82, 2.24) is 5.01 Å². The van der Waals surface area contributed by atoms with E-state index < -0.39 is 5.97 Å². The molecule has 2 fully saturated rings. The lowest BCUT2D eigenvalue weighted by molar-refractivity contribution is -0.137. The molecule has 1 aromatic rings. The molecular formula is C16H20N2O3. The summed E-state index contributed by atoms with van der Waals surface area (Å²) in [5.74, 6) is 0.0270. The van der Waals surface area contributed by atoms with Crippen LogP contribution in [0.3, 0.4) is 0 Å². The summed E-state index contributed by atoms with van der Waals surface area (Å²) in [6.07, 6.45) is 3.00. The van der Waals surface area contributed by atoms with Gasteiger partial charge in [-0.3, -0.25) is 19.6 Å². The van der Waals surface area contributed by atoms with Crippen LogP contribution in [-0.4, -0.2) is 35.6 Å². The number of amides is 1. The number of anilines is 1. The molecule has 1 N–H and O–H groups in total. The minimum Gasteiger partial charge on any atom is -0.481 e. The number of carbonyl (C=O) groups excluding carboxylic acids is 1. The van der Waals surface area contributed by atoms with E-state index in [0.29, 0.717) is 18.9 Å². The molecule has 1 unspecified atom stereocenters. The first-order chi connectivity index (χ1) is 10.1. The third-order valence-corrected chi connectivity index (χ3v) is 4.47. The maximum atomic E-state index is 11.6. The number of aliphatic carboxylic acids is 1. The highest BCUT2D eigenvalue weighted by molar-refractivity contribution is 5.81. The molecule has 0 aromatic heterocycles. The van der Waals surface area contributed by atoms with Crippen molar-refractivity contribution < 1.29 is 14.7 Å². The van der Waals surface area contributed by atoms with Crippen molar-refractivity contribution in [1.29, 1.82) is 0 Å². The quantitative estimate of drug-likeness (QED) is 0.902. The normalized spacial score (nSPS) is 20.0. The minimum atomic E-state index is -0.735. The molecule has 2 aliphatic rings. The van der Waals surface area contributed by atoms with Gasteiger partial charge in [0.25, 0.3) is 0 Å². The lowest BCUT2D eigenvalue weighted by Crippen LogP contribution is -2.35. The van der Waals surface area contributed by atoms with E-state index in [1.165, 1.54) is 0 Å². The van der Waals surface area contributed by atoms with E-state index in [1.54, 1.807) is 12.1 Å². The van der Waals surface area contributed by atoms with Gasteiger partial charge in [-0.05, 0) is 42.4 Å². The highest BCUT2D eigenvalue weighted by Crippen LogP contribution is 2.44. The van der Waals surface area contributed by atoms with Crippen molar-refractivity contribution in [2.45, 2.75) is 31.6 Å². The van der Waals surface area contributed by atoms with Crippen LogP contribution in [0, 0.1) is 5.92 Å². The van der Waals surface area contributed by atoms with Crippen LogP contribution >= 0.6 is 0 Å². The molecule has 1 aliphatic heterocycles. The number of carbonyl (C=O) groups is 2. The smallest absolute Gasteiger partial charge is 0.303 e. The number of hydrazine groups is 1. The second-order valence-corrected chi connectivity index (χ2v) is 5.92. The highest BCUT2D eigenvalue weighted by Gasteiger charge is 2.34. The molecule has 3 rings (SSSR count). The van der Waals surface area contributed by atoms with Gasteiger partial charge in [-0.2, -0.15) is 0 Å². The summed E-state index contributed by atoms with van der Waals surface area (Å²) in [7, 11) is 1.78. The summed E-state index contributed by atoms with van der Waals surface area (Å²) in [5, 5.41) is 12.7. The Kier molecular flexibility index (Phi) is 3.57. The Morgan fingerprint density at radius 2 is 2.00 bits per heavy atom. The van der Waals surface area contributed by atoms with Gasteiger partial charge < -0.3 is 5.11 Å². The van der Waals surface area contributed by atoms with Gasteiger partial charge in [-0.25, -0.2) is 0 Å². The highest BCUT2D eigenvalue weighted by atomic mass is 16.4. The first kappa shape index (κ1) is 13.9. The zero-order valence-corrected chi connectivity index (χ0v) is 12.2. The van der Waals surface area contributed by atoms with Crippen LogP contribution in [0.25, 0.3) is 0 Å². The van der Waals surface area contributed by atoms with Gasteiger partial charge in [-0.1, -0.05) is 12.1 Å². The SMILES string of the molecule is CN1C(=O)CCN1c1ccc(C(CC(=O)O)C2CC2)cc1. The minimum absolute atomic E-state index is 0.120. The van der Waals surface area contributed by atoms with E-state index in [2.05, 4.69) is 0 Å². The molecule has 1 amide bonds. The van der Waals surface area contributed by atoms with Crippen LogP contribution < -0.4 is 5.01 Å². The molecule has 0 bridgehead atoms. The van der Waals surface area contributed by atoms with Crippen LogP contribution in [0.2, 0.25) is 0 Å². The van der Waals surface area contributed by atoms with E-state index in [1.807, 2.05) is 29.3 Å². The van der Waals surface area contributed by atoms with Gasteiger partial charge >= 0.3 is 5.97 Å². The lowest BCUT2D eigenvalue weighted by atomic mass is 9.91. The van der Waals surface area contributed by atoms with Crippen molar-refractivity contribution in [3.05, 3.63) is 29.8 Å². The maximum Gasteiger partial charge on any atom is 0.303 e. The molecule has 1 aromatic carbocycles. The van der Waals surface area contributed by atoms with Gasteiger partial charge in [-0.15, -0.1) is 0 Å². The number of hydrogen-bond acceptors (Lipinski definition) is 3. The molecule has 0 radical (unpaired) electrons. The van der Waals surface area contributed by atoms with Gasteiger partial charge in [0, 0.05) is 20.0 Å². The summed E-state index contributed by atoms with van der Waals surface area (Å²) in [6, 6.07) is 8.00. The van der Waals surface area contributed by atoms with Crippen molar-refractivity contribution in [2.75, 3.05) is 18.6 Å². The predicted molar refractivity (Wildman–Crippen MR) is 78.9 cm³/mol. The summed E-state index contributed by atoms with van der Waals surface area (Å²) in [6.45, 7) is 0.704. The van der Waals surface area contributed by atoms with Gasteiger partial charge in [0.15, 0.2) is 0 Å². The van der Waals surface area contributed by atoms with Crippen molar-refractivity contribution in [2.24, 2.45) is 5.92 Å². The van der Waals surface area contributed by atoms with Crippen LogP contribution in [0.15, 0.2) is 24.3 Å². The third-order valence-electron chi connectivity index (χ3n) is 4.47. The summed E-state index contributed by atoms with van der Waals surface area (Å²) in [5.41, 5.74) is 2.08. The fraction of sp³-hybridized carbons (Fsp3) is 0.500. The monoisotopic (exact) mass is 288 g/mol. The Bertz CT molecular complexity index is 551. The van der Waals surface area contributed by atoms with E-state index in [9.17, 15) is 9.59 Å². The Hall–Kier alpha value is -2.04. The number of carboxylic acid groups (broad SMARTS) is 1. The van der Waals surface area contributed by atoms with Gasteiger partial charge in [0.2, 0.25) is 5.91 Å². The van der Waals surface area contributed by atoms with E-state index in [4.69, 9.17) is 5.11 Å². The molecule has 21 heavy (non-hydrogen) atoms. The van der Waals surface area contributed by atoms with Gasteiger partial charge in [0.05, 0.1) is 12.1 Å². The van der Waals surface area contributed by atoms with E-state index >= 15 is 0 Å². The topological polar surface area (TPSA) is 60.9 Å². The average Bonchev–Trinajstić information content (AvgIpc) is 3.24. The van der Waals surface area contributed by atoms with Crippen molar-refractivity contribution in [3.8, 4) is 0 Å². The zero-order valence-electron chi connectivity index (χ0n) is 12.2. The Balaban J connectivity index is 1.76. The van der Waals surface area contributed by atoms with Crippen LogP contribution in [0.5, 0.6) is 0 Å². The summed E-state index contributed by atoms with van der Waals surface area (Å²) >= 11 is 0. The molecule has 0 spiro atoms. The molecule has 5 nitrogen and oxygen atoms in total. The first-order valence-corrected chi connectivity index (χ1v) is 7.42. The molecule has 1 aliphatic carbocycles. The van der Waals surface area contributed by atoms with Crippen molar-refractivity contribution >= 4 is 17.6 Å². The number of nitrogens with zero attached hydrogens (tertiary/aromatic N) is 2. The first-order valence-electron chi connectivity index (χ1n) is 7.42. The molecular weight excluding hydrogens is 268 g/mol. The molecule has 5 heteroatoms. The summed E-state index contributed by atoms with van der Waals surface area (Å²) in [4.78, 5) is 22.6. The molecule has 1 saturated carbocycles. The molecule has 112 valence electrons. The van der Waals surface area contributed by atoms with Gasteiger partial charge in [0.1, 0.15) is 0 Å². The number of carboxylic acids is 1. The Labute approximate surface area is 124 Å². The third kappa shape index (κ3) is 2.86. The number of benzene rings is 1. The predicted octanol–water partition coefficient (Wildman–Crippen LogP) is 2.24. The second-order valence-electron chi connectivity index (χ2n) is 5.92. The van der Waals surface area contributed by atoms with Crippen LogP contribution in [0.1, 0.15) is 37.2 Å². The van der Waals surface area contributed by atoms with Crippen molar-refractivity contribution in [3.63, 3.8) is 0 Å². The average molecular weight is 288 g/mol. The number of rotatable bonds is 5. The van der Waals surface area contributed by atoms with E-state index in [-0.39, 0.29) is 18.2 Å². The fourth-order valence-corrected chi connectivity index (χ4v) is 3.09. The molecule has 1 atom stereocenters.